The van der Waals surface area contributed by atoms with Gasteiger partial charge in [0.15, 0.2) is 6.29 Å². The summed E-state index contributed by atoms with van der Waals surface area (Å²) in [6.07, 6.45) is 0.257. The van der Waals surface area contributed by atoms with E-state index < -0.39 is 12.9 Å². The number of benzene rings is 1. The van der Waals surface area contributed by atoms with Crippen LogP contribution in [-0.2, 0) is 4.74 Å². The van der Waals surface area contributed by atoms with Gasteiger partial charge in [0, 0.05) is 24.3 Å². The van der Waals surface area contributed by atoms with Gasteiger partial charge in [-0.05, 0) is 24.6 Å². The summed E-state index contributed by atoms with van der Waals surface area (Å²) in [5.41, 5.74) is 1.21. The molecule has 0 aliphatic heterocycles. The van der Waals surface area contributed by atoms with Gasteiger partial charge in [-0.25, -0.2) is 0 Å². The first-order valence-electron chi connectivity index (χ1n) is 5.68. The zero-order chi connectivity index (χ0) is 14.9. The monoisotopic (exact) mass is 303 g/mol. The predicted octanol–water partition coefficient (Wildman–Crippen LogP) is 3.44. The smallest absolute Gasteiger partial charge is 0.387 e. The molecule has 0 radical (unpaired) electrons. The Morgan fingerprint density at radius 1 is 1.35 bits per heavy atom. The van der Waals surface area contributed by atoms with E-state index in [0.29, 0.717) is 22.0 Å². The summed E-state index contributed by atoms with van der Waals surface area (Å²) in [5.74, 6) is -0.0956. The van der Waals surface area contributed by atoms with Gasteiger partial charge < -0.3 is 14.6 Å². The Balaban J connectivity index is 2.57. The van der Waals surface area contributed by atoms with Crippen molar-refractivity contribution in [3.8, 4) is 5.75 Å². The summed E-state index contributed by atoms with van der Waals surface area (Å²) in [6, 6.07) is 3.24. The molecule has 1 heterocycles. The second kappa shape index (κ2) is 5.87. The molecular weight excluding hydrogens is 292 g/mol. The third-order valence-electron chi connectivity index (χ3n) is 2.79. The second-order valence-electron chi connectivity index (χ2n) is 4.14. The summed E-state index contributed by atoms with van der Waals surface area (Å²) in [7, 11) is 1.35. The van der Waals surface area contributed by atoms with Gasteiger partial charge in [-0.1, -0.05) is 11.6 Å². The van der Waals surface area contributed by atoms with Crippen molar-refractivity contribution in [1.29, 1.82) is 0 Å². The van der Waals surface area contributed by atoms with E-state index in [-0.39, 0.29) is 10.8 Å². The Hall–Kier alpha value is -1.50. The van der Waals surface area contributed by atoms with E-state index >= 15 is 0 Å². The molecule has 0 aliphatic carbocycles. The van der Waals surface area contributed by atoms with Gasteiger partial charge in [0.2, 0.25) is 0 Å². The Bertz CT molecular complexity index is 637. The van der Waals surface area contributed by atoms with Gasteiger partial charge >= 0.3 is 6.61 Å². The number of fused-ring (bicyclic) bond motifs is 1. The minimum atomic E-state index is -2.96. The molecule has 1 unspecified atom stereocenters. The molecule has 7 heteroatoms. The number of hydrogen-bond donors (Lipinski definition) is 1. The second-order valence-corrected chi connectivity index (χ2v) is 4.52. The molecule has 0 spiro atoms. The van der Waals surface area contributed by atoms with Crippen LogP contribution in [0, 0.1) is 6.92 Å². The molecule has 0 fully saturated rings. The lowest BCUT2D eigenvalue weighted by Crippen LogP contribution is -2.05. The molecule has 1 aromatic heterocycles. The number of aliphatic hydroxyl groups excluding tert-OH is 1. The van der Waals surface area contributed by atoms with Crippen LogP contribution >= 0.6 is 11.6 Å². The zero-order valence-electron chi connectivity index (χ0n) is 10.7. The summed E-state index contributed by atoms with van der Waals surface area (Å²) in [5, 5.41) is 10.2. The summed E-state index contributed by atoms with van der Waals surface area (Å²) >= 11 is 6.04. The van der Waals surface area contributed by atoms with Gasteiger partial charge in [-0.3, -0.25) is 4.98 Å². The van der Waals surface area contributed by atoms with E-state index in [1.54, 1.807) is 19.1 Å². The molecule has 20 heavy (non-hydrogen) atoms. The largest absolute Gasteiger partial charge is 0.433 e. The maximum Gasteiger partial charge on any atom is 0.387 e. The van der Waals surface area contributed by atoms with Crippen molar-refractivity contribution in [2.75, 3.05) is 7.11 Å². The Morgan fingerprint density at radius 3 is 2.65 bits per heavy atom. The Labute approximate surface area is 118 Å². The highest BCUT2D eigenvalue weighted by atomic mass is 35.5. The first kappa shape index (κ1) is 14.9. The highest BCUT2D eigenvalue weighted by Gasteiger charge is 2.17. The minimum absolute atomic E-state index is 0.0127. The fraction of sp³-hybridized carbons (Fsp3) is 0.308. The molecular formula is C13H12ClF2NO3. The molecule has 108 valence electrons. The molecule has 2 aromatic rings. The lowest BCUT2D eigenvalue weighted by molar-refractivity contribution is -0.0770. The van der Waals surface area contributed by atoms with Crippen LogP contribution in [0.2, 0.25) is 5.02 Å². The average Bonchev–Trinajstić information content (AvgIpc) is 2.41. The van der Waals surface area contributed by atoms with Crippen molar-refractivity contribution >= 4 is 22.5 Å². The third kappa shape index (κ3) is 2.82. The number of alkyl halides is 2. The van der Waals surface area contributed by atoms with Crippen molar-refractivity contribution in [3.63, 3.8) is 0 Å². The maximum atomic E-state index is 12.3. The molecule has 1 atom stereocenters. The topological polar surface area (TPSA) is 51.6 Å². The Kier molecular flexibility index (Phi) is 4.37. The number of aliphatic hydroxyl groups is 1. The first-order chi connectivity index (χ1) is 9.43. The number of nitrogens with zero attached hydrogens (tertiary/aromatic N) is 1. The fourth-order valence-electron chi connectivity index (χ4n) is 1.88. The Morgan fingerprint density at radius 2 is 2.05 bits per heavy atom. The average molecular weight is 304 g/mol. The third-order valence-corrected chi connectivity index (χ3v) is 3.14. The molecule has 0 saturated carbocycles. The number of aromatic nitrogens is 1. The normalized spacial score (nSPS) is 12.9. The quantitative estimate of drug-likeness (QED) is 0.879. The minimum Gasteiger partial charge on any atom is -0.433 e. The number of rotatable bonds is 4. The van der Waals surface area contributed by atoms with E-state index in [1.807, 2.05) is 0 Å². The van der Waals surface area contributed by atoms with Crippen molar-refractivity contribution in [1.82, 2.24) is 4.98 Å². The summed E-state index contributed by atoms with van der Waals surface area (Å²) < 4.78 is 33.9. The van der Waals surface area contributed by atoms with Crippen LogP contribution in [0.15, 0.2) is 18.3 Å². The van der Waals surface area contributed by atoms with E-state index in [9.17, 15) is 13.9 Å². The van der Waals surface area contributed by atoms with Crippen LogP contribution in [0.4, 0.5) is 8.78 Å². The van der Waals surface area contributed by atoms with Crippen LogP contribution in [0.5, 0.6) is 5.75 Å². The molecule has 4 nitrogen and oxygen atoms in total. The van der Waals surface area contributed by atoms with Crippen molar-refractivity contribution < 1.29 is 23.4 Å². The van der Waals surface area contributed by atoms with Gasteiger partial charge in [0.1, 0.15) is 10.8 Å². The summed E-state index contributed by atoms with van der Waals surface area (Å²) in [4.78, 5) is 4.06. The van der Waals surface area contributed by atoms with Crippen molar-refractivity contribution in [2.45, 2.75) is 19.8 Å². The molecule has 0 bridgehead atoms. The first-order valence-corrected chi connectivity index (χ1v) is 6.06. The molecule has 0 amide bonds. The maximum absolute atomic E-state index is 12.3. The van der Waals surface area contributed by atoms with Crippen LogP contribution in [0.3, 0.4) is 0 Å². The number of hydrogen-bond acceptors (Lipinski definition) is 4. The van der Waals surface area contributed by atoms with Crippen molar-refractivity contribution in [3.05, 3.63) is 34.5 Å². The van der Waals surface area contributed by atoms with Gasteiger partial charge in [-0.15, -0.1) is 0 Å². The van der Waals surface area contributed by atoms with E-state index in [4.69, 9.17) is 16.3 Å². The van der Waals surface area contributed by atoms with Gasteiger partial charge in [0.25, 0.3) is 0 Å². The molecule has 0 saturated heterocycles. The van der Waals surface area contributed by atoms with E-state index in [0.717, 1.165) is 0 Å². The molecule has 1 aromatic carbocycles. The number of ether oxygens (including phenoxy) is 2. The van der Waals surface area contributed by atoms with E-state index in [2.05, 4.69) is 9.72 Å². The van der Waals surface area contributed by atoms with Gasteiger partial charge in [-0.2, -0.15) is 8.78 Å². The van der Waals surface area contributed by atoms with Crippen LogP contribution in [0.1, 0.15) is 17.4 Å². The highest BCUT2D eigenvalue weighted by Crippen LogP contribution is 2.36. The number of pyridine rings is 1. The lowest BCUT2D eigenvalue weighted by Gasteiger charge is -2.13. The van der Waals surface area contributed by atoms with Crippen LogP contribution in [-0.4, -0.2) is 23.8 Å². The number of methoxy groups -OCH3 is 1. The standard InChI is InChI=1S/C13H12ClF2NO3/c1-6-3-7-4-8(12(18)19-2)5-17-10(7)9(14)11(6)20-13(15)16/h3-5,12-13,18H,1-2H3. The van der Waals surface area contributed by atoms with E-state index in [1.165, 1.54) is 13.3 Å². The van der Waals surface area contributed by atoms with Crippen LogP contribution < -0.4 is 4.74 Å². The lowest BCUT2D eigenvalue weighted by atomic mass is 10.1. The molecule has 1 N–H and O–H groups in total. The molecule has 0 aliphatic rings. The number of aryl methyl sites for hydroxylation is 1. The van der Waals surface area contributed by atoms with Gasteiger partial charge in [0.05, 0.1) is 5.52 Å². The SMILES string of the molecule is COC(O)c1cnc2c(Cl)c(OC(F)F)c(C)cc2c1. The molecule has 2 rings (SSSR count). The van der Waals surface area contributed by atoms with Crippen molar-refractivity contribution in [2.24, 2.45) is 0 Å². The predicted molar refractivity (Wildman–Crippen MR) is 70.1 cm³/mol. The number of halogens is 3. The highest BCUT2D eigenvalue weighted by molar-refractivity contribution is 6.36. The summed E-state index contributed by atoms with van der Waals surface area (Å²) in [6.45, 7) is -1.36. The zero-order valence-corrected chi connectivity index (χ0v) is 11.5. The fourth-order valence-corrected chi connectivity index (χ4v) is 2.23. The van der Waals surface area contributed by atoms with Crippen LogP contribution in [0.25, 0.3) is 10.9 Å².